The number of hydrogen-bond donors (Lipinski definition) is 1. The van der Waals surface area contributed by atoms with Crippen molar-refractivity contribution in [3.63, 3.8) is 0 Å². The molecule has 0 unspecified atom stereocenters. The van der Waals surface area contributed by atoms with Gasteiger partial charge < -0.3 is 10.5 Å². The number of carbonyl (C=O) groups is 1. The lowest BCUT2D eigenvalue weighted by molar-refractivity contribution is 0.0217. The number of rotatable bonds is 2. The van der Waals surface area contributed by atoms with Gasteiger partial charge in [0.2, 0.25) is 0 Å². The van der Waals surface area contributed by atoms with Gasteiger partial charge in [-0.2, -0.15) is 0 Å². The number of thiophene rings is 1. The van der Waals surface area contributed by atoms with Crippen molar-refractivity contribution in [1.29, 1.82) is 0 Å². The van der Waals surface area contributed by atoms with Gasteiger partial charge in [0.05, 0.1) is 5.00 Å². The average Bonchev–Trinajstić information content (AvgIpc) is 2.66. The summed E-state index contributed by atoms with van der Waals surface area (Å²) in [6, 6.07) is 3.47. The summed E-state index contributed by atoms with van der Waals surface area (Å²) in [6.45, 7) is 0. The molecular weight excluding hydrogens is 210 g/mol. The van der Waals surface area contributed by atoms with Gasteiger partial charge in [0.15, 0.2) is 0 Å². The smallest absolute Gasteiger partial charge is 0.348 e. The van der Waals surface area contributed by atoms with Gasteiger partial charge in [0.25, 0.3) is 0 Å². The molecule has 1 aromatic heterocycles. The molecule has 15 heavy (non-hydrogen) atoms. The van der Waals surface area contributed by atoms with Crippen LogP contribution in [-0.4, -0.2) is 12.1 Å². The zero-order valence-corrected chi connectivity index (χ0v) is 9.39. The van der Waals surface area contributed by atoms with Crippen LogP contribution in [0.2, 0.25) is 0 Å². The van der Waals surface area contributed by atoms with Crippen LogP contribution in [0.5, 0.6) is 0 Å². The second-order valence-electron chi connectivity index (χ2n) is 3.87. The van der Waals surface area contributed by atoms with Gasteiger partial charge in [-0.15, -0.1) is 11.3 Å². The maximum Gasteiger partial charge on any atom is 0.348 e. The predicted octanol–water partition coefficient (Wildman–Crippen LogP) is 2.82. The van der Waals surface area contributed by atoms with Crippen LogP contribution in [0.1, 0.15) is 41.8 Å². The first-order valence-corrected chi connectivity index (χ1v) is 6.13. The lowest BCUT2D eigenvalue weighted by Crippen LogP contribution is -2.20. The molecule has 2 N–H and O–H groups in total. The first-order valence-electron chi connectivity index (χ1n) is 5.32. The molecule has 1 aliphatic carbocycles. The molecule has 3 nitrogen and oxygen atoms in total. The van der Waals surface area contributed by atoms with Gasteiger partial charge in [0.1, 0.15) is 11.0 Å². The zero-order valence-electron chi connectivity index (χ0n) is 8.57. The number of hydrogen-bond acceptors (Lipinski definition) is 4. The van der Waals surface area contributed by atoms with Crippen molar-refractivity contribution in [3.8, 4) is 0 Å². The highest BCUT2D eigenvalue weighted by atomic mass is 32.1. The summed E-state index contributed by atoms with van der Waals surface area (Å²) in [5, 5.41) is 0.658. The molecule has 0 atom stereocenters. The van der Waals surface area contributed by atoms with E-state index in [1.54, 1.807) is 12.1 Å². The number of nitrogen functional groups attached to an aromatic ring is 1. The summed E-state index contributed by atoms with van der Waals surface area (Å²) < 4.78 is 5.41. The normalized spacial score (nSPS) is 17.6. The summed E-state index contributed by atoms with van der Waals surface area (Å²) in [5.41, 5.74) is 5.56. The molecule has 1 aliphatic rings. The summed E-state index contributed by atoms with van der Waals surface area (Å²) >= 11 is 1.29. The first kappa shape index (κ1) is 10.5. The summed E-state index contributed by atoms with van der Waals surface area (Å²) in [4.78, 5) is 12.3. The molecule has 0 aliphatic heterocycles. The van der Waals surface area contributed by atoms with Gasteiger partial charge in [-0.1, -0.05) is 6.42 Å². The molecule has 2 rings (SSSR count). The molecule has 0 aromatic carbocycles. The van der Waals surface area contributed by atoms with Crippen LogP contribution >= 0.6 is 11.3 Å². The fourth-order valence-electron chi connectivity index (χ4n) is 1.85. The minimum Gasteiger partial charge on any atom is -0.458 e. The van der Waals surface area contributed by atoms with E-state index in [2.05, 4.69) is 0 Å². The predicted molar refractivity (Wildman–Crippen MR) is 61.0 cm³/mol. The molecule has 1 saturated carbocycles. The topological polar surface area (TPSA) is 52.3 Å². The van der Waals surface area contributed by atoms with Crippen LogP contribution in [-0.2, 0) is 4.74 Å². The van der Waals surface area contributed by atoms with Crippen LogP contribution in [0.15, 0.2) is 12.1 Å². The van der Waals surface area contributed by atoms with Crippen LogP contribution in [0, 0.1) is 0 Å². The van der Waals surface area contributed by atoms with Crippen LogP contribution in [0.3, 0.4) is 0 Å². The molecule has 0 spiro atoms. The van der Waals surface area contributed by atoms with E-state index in [1.807, 2.05) is 0 Å². The van der Waals surface area contributed by atoms with Crippen molar-refractivity contribution in [2.45, 2.75) is 38.2 Å². The molecule has 0 bridgehead atoms. The SMILES string of the molecule is Nc1ccc(C(=O)OC2CCCCC2)s1. The molecule has 0 amide bonds. The number of nitrogens with two attached hydrogens (primary N) is 1. The largest absolute Gasteiger partial charge is 0.458 e. The molecule has 1 fully saturated rings. The van der Waals surface area contributed by atoms with Gasteiger partial charge in [-0.3, -0.25) is 0 Å². The van der Waals surface area contributed by atoms with Crippen LogP contribution < -0.4 is 5.73 Å². The average molecular weight is 225 g/mol. The molecule has 0 radical (unpaired) electrons. The highest BCUT2D eigenvalue weighted by Crippen LogP contribution is 2.24. The van der Waals surface area contributed by atoms with Gasteiger partial charge in [-0.05, 0) is 37.8 Å². The number of anilines is 1. The maximum absolute atomic E-state index is 11.7. The maximum atomic E-state index is 11.7. The van der Waals surface area contributed by atoms with Crippen LogP contribution in [0.25, 0.3) is 0 Å². The number of esters is 1. The molecule has 1 aromatic rings. The third-order valence-corrected chi connectivity index (χ3v) is 3.55. The number of ether oxygens (including phenoxy) is 1. The highest BCUT2D eigenvalue weighted by molar-refractivity contribution is 7.17. The molecule has 82 valence electrons. The van der Waals surface area contributed by atoms with Crippen molar-refractivity contribution in [3.05, 3.63) is 17.0 Å². The fraction of sp³-hybridized carbons (Fsp3) is 0.545. The Morgan fingerprint density at radius 3 is 2.67 bits per heavy atom. The van der Waals surface area contributed by atoms with Crippen LogP contribution in [0.4, 0.5) is 5.00 Å². The molecule has 1 heterocycles. The van der Waals surface area contributed by atoms with E-state index >= 15 is 0 Å². The Kier molecular flexibility index (Phi) is 3.26. The molecule has 4 heteroatoms. The van der Waals surface area contributed by atoms with E-state index in [-0.39, 0.29) is 12.1 Å². The quantitative estimate of drug-likeness (QED) is 0.787. The Morgan fingerprint density at radius 2 is 2.07 bits per heavy atom. The zero-order chi connectivity index (χ0) is 10.7. The van der Waals surface area contributed by atoms with Crippen molar-refractivity contribution in [2.75, 3.05) is 5.73 Å². The van der Waals surface area contributed by atoms with E-state index in [0.29, 0.717) is 9.88 Å². The van der Waals surface area contributed by atoms with Crippen molar-refractivity contribution >= 4 is 22.3 Å². The van der Waals surface area contributed by atoms with Gasteiger partial charge >= 0.3 is 5.97 Å². The fourth-order valence-corrected chi connectivity index (χ4v) is 2.51. The number of carbonyl (C=O) groups excluding carboxylic acids is 1. The minimum absolute atomic E-state index is 0.120. The van der Waals surface area contributed by atoms with E-state index in [4.69, 9.17) is 10.5 Å². The van der Waals surface area contributed by atoms with Crippen molar-refractivity contribution < 1.29 is 9.53 Å². The minimum atomic E-state index is -0.219. The molecular formula is C11H15NO2S. The first-order chi connectivity index (χ1) is 7.25. The van der Waals surface area contributed by atoms with Gasteiger partial charge in [-0.25, -0.2) is 4.79 Å². The summed E-state index contributed by atoms with van der Waals surface area (Å²) in [6.07, 6.45) is 5.74. The Bertz CT molecular complexity index is 342. The lowest BCUT2D eigenvalue weighted by atomic mass is 9.98. The molecule has 0 saturated heterocycles. The van der Waals surface area contributed by atoms with E-state index < -0.39 is 0 Å². The summed E-state index contributed by atoms with van der Waals surface area (Å²) in [5.74, 6) is -0.219. The third kappa shape index (κ3) is 2.72. The lowest BCUT2D eigenvalue weighted by Gasteiger charge is -2.21. The Morgan fingerprint density at radius 1 is 1.33 bits per heavy atom. The van der Waals surface area contributed by atoms with E-state index in [1.165, 1.54) is 30.6 Å². The second-order valence-corrected chi connectivity index (χ2v) is 4.98. The van der Waals surface area contributed by atoms with E-state index in [0.717, 1.165) is 12.8 Å². The Balaban J connectivity index is 1.91. The Hall–Kier alpha value is -1.03. The van der Waals surface area contributed by atoms with Crippen molar-refractivity contribution in [1.82, 2.24) is 0 Å². The summed E-state index contributed by atoms with van der Waals surface area (Å²) in [7, 11) is 0. The van der Waals surface area contributed by atoms with Crippen molar-refractivity contribution in [2.24, 2.45) is 0 Å². The third-order valence-electron chi connectivity index (χ3n) is 2.65. The Labute approximate surface area is 93.2 Å². The van der Waals surface area contributed by atoms with E-state index in [9.17, 15) is 4.79 Å². The van der Waals surface area contributed by atoms with Gasteiger partial charge in [0, 0.05) is 0 Å². The standard InChI is InChI=1S/C11H15NO2S/c12-10-7-6-9(15-10)11(13)14-8-4-2-1-3-5-8/h6-8H,1-5,12H2. The monoisotopic (exact) mass is 225 g/mol. The second kappa shape index (κ2) is 4.66. The highest BCUT2D eigenvalue weighted by Gasteiger charge is 2.19.